The van der Waals surface area contributed by atoms with Crippen LogP contribution < -0.4 is 10.2 Å². The molecule has 0 aliphatic carbocycles. The number of ether oxygens (including phenoxy) is 2. The molecule has 3 heterocycles. The van der Waals surface area contributed by atoms with Crippen LogP contribution >= 0.6 is 0 Å². The Morgan fingerprint density at radius 1 is 1.32 bits per heavy atom. The third-order valence-electron chi connectivity index (χ3n) is 5.52. The van der Waals surface area contributed by atoms with Crippen LogP contribution in [-0.4, -0.2) is 41.0 Å². The number of aromatic nitrogens is 2. The van der Waals surface area contributed by atoms with E-state index in [4.69, 9.17) is 14.5 Å². The number of hydrogen-bond acceptors (Lipinski definition) is 5. The summed E-state index contributed by atoms with van der Waals surface area (Å²) in [5, 5.41) is 9.46. The number of hydrogen-bond donors (Lipinski definition) is 1. The highest BCUT2D eigenvalue weighted by molar-refractivity contribution is 5.87. The number of carboxylic acid groups (broad SMARTS) is 1. The summed E-state index contributed by atoms with van der Waals surface area (Å²) in [4.78, 5) is 28.9. The average Bonchev–Trinajstić information content (AvgIpc) is 2.68. The van der Waals surface area contributed by atoms with Crippen LogP contribution in [-0.2, 0) is 11.2 Å². The summed E-state index contributed by atoms with van der Waals surface area (Å²) < 4.78 is 13.0. The lowest BCUT2D eigenvalue weighted by molar-refractivity contribution is 0.0693. The largest absolute Gasteiger partial charge is 0.491 e. The van der Waals surface area contributed by atoms with E-state index in [0.29, 0.717) is 42.5 Å². The first-order chi connectivity index (χ1) is 14.5. The van der Waals surface area contributed by atoms with Crippen molar-refractivity contribution in [3.8, 4) is 17.1 Å². The molecule has 1 aliphatic heterocycles. The quantitative estimate of drug-likeness (QED) is 0.668. The Kier molecular flexibility index (Phi) is 6.36. The average molecular weight is 427 g/mol. The van der Waals surface area contributed by atoms with E-state index in [1.165, 1.54) is 12.3 Å². The molecule has 0 unspecified atom stereocenters. The van der Waals surface area contributed by atoms with Gasteiger partial charge in [-0.15, -0.1) is 0 Å². The van der Waals surface area contributed by atoms with Crippen LogP contribution in [0.2, 0.25) is 0 Å². The van der Waals surface area contributed by atoms with Gasteiger partial charge in [-0.2, -0.15) is 0 Å². The summed E-state index contributed by atoms with van der Waals surface area (Å²) in [6, 6.07) is 3.32. The molecule has 3 rings (SSSR count). The van der Waals surface area contributed by atoms with Gasteiger partial charge in [0.2, 0.25) is 0 Å². The fourth-order valence-electron chi connectivity index (χ4n) is 3.90. The van der Waals surface area contributed by atoms with E-state index in [2.05, 4.69) is 27.4 Å². The van der Waals surface area contributed by atoms with Gasteiger partial charge in [-0.25, -0.2) is 9.78 Å². The Morgan fingerprint density at radius 3 is 2.61 bits per heavy atom. The van der Waals surface area contributed by atoms with E-state index in [-0.39, 0.29) is 17.0 Å². The zero-order chi connectivity index (χ0) is 22.9. The van der Waals surface area contributed by atoms with E-state index in [0.717, 1.165) is 17.6 Å². The number of allylic oxidation sites excluding steroid dienone is 1. The van der Waals surface area contributed by atoms with E-state index >= 15 is 0 Å². The number of nitrogens with zero attached hydrogens (tertiary/aromatic N) is 2. The van der Waals surface area contributed by atoms with Gasteiger partial charge in [0, 0.05) is 38.4 Å². The van der Waals surface area contributed by atoms with Crippen molar-refractivity contribution >= 4 is 11.5 Å². The van der Waals surface area contributed by atoms with Gasteiger partial charge in [0.15, 0.2) is 5.43 Å². The Hall–Kier alpha value is -2.93. The van der Waals surface area contributed by atoms with Gasteiger partial charge in [-0.3, -0.25) is 4.79 Å². The third kappa shape index (κ3) is 4.56. The van der Waals surface area contributed by atoms with Crippen LogP contribution in [0.15, 0.2) is 29.7 Å². The second-order valence-corrected chi connectivity index (χ2v) is 9.05. The number of pyridine rings is 2. The van der Waals surface area contributed by atoms with Crippen LogP contribution in [0.1, 0.15) is 61.8 Å². The number of carboxylic acids is 1. The molecule has 2 aromatic heterocycles. The lowest BCUT2D eigenvalue weighted by Crippen LogP contribution is -2.33. The Labute approximate surface area is 182 Å². The lowest BCUT2D eigenvalue weighted by Gasteiger charge is -2.38. The molecule has 0 bridgehead atoms. The van der Waals surface area contributed by atoms with Gasteiger partial charge in [0.25, 0.3) is 0 Å². The molecule has 0 saturated carbocycles. The van der Waals surface area contributed by atoms with Gasteiger partial charge in [-0.05, 0) is 36.0 Å². The summed E-state index contributed by atoms with van der Waals surface area (Å²) in [7, 11) is 1.65. The number of fused-ring (bicyclic) bond motifs is 3. The molecule has 1 aliphatic rings. The second-order valence-electron chi connectivity index (χ2n) is 9.05. The van der Waals surface area contributed by atoms with Crippen LogP contribution in [0, 0.1) is 5.41 Å². The molecule has 7 nitrogen and oxygen atoms in total. The number of aromatic carboxylic acids is 1. The van der Waals surface area contributed by atoms with Crippen molar-refractivity contribution in [1.29, 1.82) is 0 Å². The maximum atomic E-state index is 12.5. The molecule has 1 atom stereocenters. The molecule has 0 spiro atoms. The third-order valence-corrected chi connectivity index (χ3v) is 5.52. The minimum absolute atomic E-state index is 0.0486. The maximum absolute atomic E-state index is 12.5. The van der Waals surface area contributed by atoms with Crippen molar-refractivity contribution in [3.63, 3.8) is 0 Å². The summed E-state index contributed by atoms with van der Waals surface area (Å²) in [6.45, 7) is 13.3. The van der Waals surface area contributed by atoms with Crippen molar-refractivity contribution in [2.75, 3.05) is 20.3 Å². The molecular formula is C24H30N2O5. The number of carbonyl (C=O) groups is 1. The predicted octanol–water partition coefficient (Wildman–Crippen LogP) is 4.20. The monoisotopic (exact) mass is 426 g/mol. The van der Waals surface area contributed by atoms with Crippen molar-refractivity contribution in [2.24, 2.45) is 5.41 Å². The summed E-state index contributed by atoms with van der Waals surface area (Å²) in [5.41, 5.74) is 2.68. The second kappa shape index (κ2) is 8.67. The van der Waals surface area contributed by atoms with E-state index in [1.54, 1.807) is 7.11 Å². The van der Waals surface area contributed by atoms with Crippen molar-refractivity contribution in [2.45, 2.75) is 46.6 Å². The molecule has 166 valence electrons. The lowest BCUT2D eigenvalue weighted by atomic mass is 9.79. The molecule has 0 radical (unpaired) electrons. The highest BCUT2D eigenvalue weighted by Crippen LogP contribution is 2.43. The topological polar surface area (TPSA) is 90.7 Å². The standard InChI is InChI=1S/C24H30N2O5/c1-14(2)21-19(31-9-7-8-30-6)10-15-11-20(24(3,4)5)26-13-16(23(28)29)18(27)12-17(26)22(15)25-21/h10,12-13,20H,1,7-9,11H2,2-6H3,(H,28,29)/t20-/m0/s1. The fourth-order valence-corrected chi connectivity index (χ4v) is 3.90. The Morgan fingerprint density at radius 2 is 2.03 bits per heavy atom. The molecule has 31 heavy (non-hydrogen) atoms. The molecule has 7 heteroatoms. The smallest absolute Gasteiger partial charge is 0.341 e. The number of rotatable bonds is 7. The van der Waals surface area contributed by atoms with E-state index < -0.39 is 11.4 Å². The molecule has 0 amide bonds. The van der Waals surface area contributed by atoms with Crippen LogP contribution in [0.3, 0.4) is 0 Å². The molecule has 0 saturated heterocycles. The zero-order valence-corrected chi connectivity index (χ0v) is 18.8. The zero-order valence-electron chi connectivity index (χ0n) is 18.8. The first-order valence-corrected chi connectivity index (χ1v) is 10.4. The fraction of sp³-hybridized carbons (Fsp3) is 0.458. The molecule has 0 aromatic carbocycles. The van der Waals surface area contributed by atoms with E-state index in [1.807, 2.05) is 17.6 Å². The van der Waals surface area contributed by atoms with Crippen molar-refractivity contribution in [1.82, 2.24) is 9.55 Å². The van der Waals surface area contributed by atoms with Gasteiger partial charge in [-0.1, -0.05) is 27.4 Å². The van der Waals surface area contributed by atoms with Gasteiger partial charge >= 0.3 is 5.97 Å². The molecular weight excluding hydrogens is 396 g/mol. The van der Waals surface area contributed by atoms with Crippen LogP contribution in [0.4, 0.5) is 0 Å². The summed E-state index contributed by atoms with van der Waals surface area (Å²) in [5.74, 6) is -0.567. The minimum Gasteiger partial charge on any atom is -0.491 e. The normalized spacial score (nSPS) is 15.2. The minimum atomic E-state index is -1.23. The molecule has 2 aromatic rings. The van der Waals surface area contributed by atoms with Crippen LogP contribution in [0.25, 0.3) is 17.0 Å². The Balaban J connectivity index is 2.19. The first kappa shape index (κ1) is 22.7. The highest BCUT2D eigenvalue weighted by Gasteiger charge is 2.35. The highest BCUT2D eigenvalue weighted by atomic mass is 16.5. The van der Waals surface area contributed by atoms with Gasteiger partial charge in [0.05, 0.1) is 18.0 Å². The maximum Gasteiger partial charge on any atom is 0.341 e. The van der Waals surface area contributed by atoms with Crippen LogP contribution in [0.5, 0.6) is 5.75 Å². The molecule has 1 N–H and O–H groups in total. The SMILES string of the molecule is C=C(C)c1nc2c(cc1OCCCOC)C[C@@H](C(C)(C)C)n1cc(C(=O)O)c(=O)cc1-2. The van der Waals surface area contributed by atoms with Gasteiger partial charge < -0.3 is 19.1 Å². The predicted molar refractivity (Wildman–Crippen MR) is 120 cm³/mol. The van der Waals surface area contributed by atoms with Crippen molar-refractivity contribution < 1.29 is 19.4 Å². The van der Waals surface area contributed by atoms with Crippen molar-refractivity contribution in [3.05, 3.63) is 52.0 Å². The molecule has 0 fully saturated rings. The summed E-state index contributed by atoms with van der Waals surface area (Å²) >= 11 is 0. The Bertz CT molecular complexity index is 1080. The summed E-state index contributed by atoms with van der Waals surface area (Å²) in [6.07, 6.45) is 2.85. The van der Waals surface area contributed by atoms with E-state index in [9.17, 15) is 14.7 Å². The first-order valence-electron chi connectivity index (χ1n) is 10.4. The van der Waals surface area contributed by atoms with Gasteiger partial charge in [0.1, 0.15) is 17.0 Å². The number of methoxy groups -OCH3 is 1.